The third-order valence-corrected chi connectivity index (χ3v) is 3.56. The lowest BCUT2D eigenvalue weighted by atomic mass is 10.2. The lowest BCUT2D eigenvalue weighted by molar-refractivity contribution is -0.140. The van der Waals surface area contributed by atoms with Gasteiger partial charge >= 0.3 is 5.97 Å². The molecule has 0 aliphatic carbocycles. The Morgan fingerprint density at radius 1 is 1.40 bits per heavy atom. The summed E-state index contributed by atoms with van der Waals surface area (Å²) in [5, 5.41) is 0.966. The van der Waals surface area contributed by atoms with Crippen LogP contribution in [0.15, 0.2) is 29.0 Å². The number of aromatic nitrogens is 2. The van der Waals surface area contributed by atoms with Gasteiger partial charge < -0.3 is 9.64 Å². The Balaban J connectivity index is 2.33. The molecule has 0 radical (unpaired) electrons. The molecule has 1 aromatic carbocycles. The van der Waals surface area contributed by atoms with Crippen LogP contribution in [0, 0.1) is 0 Å². The van der Waals surface area contributed by atoms with Crippen molar-refractivity contribution in [3.8, 4) is 0 Å². The first-order chi connectivity index (χ1) is 9.65. The number of hydrogen-bond acceptors (Lipinski definition) is 5. The van der Waals surface area contributed by atoms with Crippen LogP contribution in [0.5, 0.6) is 0 Å². The predicted molar refractivity (Wildman–Crippen MR) is 81.8 cm³/mol. The quantitative estimate of drug-likeness (QED) is 0.785. The van der Waals surface area contributed by atoms with E-state index >= 15 is 0 Å². The molecule has 20 heavy (non-hydrogen) atoms. The van der Waals surface area contributed by atoms with E-state index in [0.29, 0.717) is 13.0 Å². The highest BCUT2D eigenvalue weighted by molar-refractivity contribution is 9.10. The summed E-state index contributed by atoms with van der Waals surface area (Å²) in [7, 11) is 1.40. The summed E-state index contributed by atoms with van der Waals surface area (Å²) in [6.45, 7) is 3.36. The molecule has 2 rings (SSSR count). The number of hydrogen-bond donors (Lipinski definition) is 0. The van der Waals surface area contributed by atoms with Crippen molar-refractivity contribution >= 4 is 38.6 Å². The largest absolute Gasteiger partial charge is 0.469 e. The van der Waals surface area contributed by atoms with E-state index < -0.39 is 0 Å². The summed E-state index contributed by atoms with van der Waals surface area (Å²) in [5.41, 5.74) is 0.884. The van der Waals surface area contributed by atoms with Crippen LogP contribution in [0.25, 0.3) is 10.9 Å². The first kappa shape index (κ1) is 14.7. The molecule has 0 aliphatic rings. The normalized spacial score (nSPS) is 10.6. The molecule has 0 amide bonds. The van der Waals surface area contributed by atoms with Crippen LogP contribution in [0.3, 0.4) is 0 Å². The minimum absolute atomic E-state index is 0.219. The zero-order valence-corrected chi connectivity index (χ0v) is 13.1. The lowest BCUT2D eigenvalue weighted by Gasteiger charge is -2.22. The van der Waals surface area contributed by atoms with Crippen LogP contribution in [-0.4, -0.2) is 36.1 Å². The number of halogens is 1. The SMILES string of the molecule is CCN(CCC(=O)OC)c1ncnc2ccc(Br)cc12. The van der Waals surface area contributed by atoms with Gasteiger partial charge in [0.25, 0.3) is 0 Å². The van der Waals surface area contributed by atoms with Gasteiger partial charge in [-0.05, 0) is 25.1 Å². The molecule has 0 aliphatic heterocycles. The number of nitrogens with zero attached hydrogens (tertiary/aromatic N) is 3. The Bertz CT molecular complexity index is 618. The van der Waals surface area contributed by atoms with Crippen molar-refractivity contribution < 1.29 is 9.53 Å². The number of fused-ring (bicyclic) bond motifs is 1. The van der Waals surface area contributed by atoms with E-state index in [2.05, 4.69) is 30.6 Å². The molecule has 0 saturated heterocycles. The van der Waals surface area contributed by atoms with Gasteiger partial charge in [-0.15, -0.1) is 0 Å². The molecular weight excluding hydrogens is 322 g/mol. The van der Waals surface area contributed by atoms with Gasteiger partial charge in [-0.2, -0.15) is 0 Å². The maximum atomic E-state index is 11.3. The molecular formula is C14H16BrN3O2. The number of carbonyl (C=O) groups excluding carboxylic acids is 1. The summed E-state index contributed by atoms with van der Waals surface area (Å²) < 4.78 is 5.66. The number of carbonyl (C=O) groups is 1. The first-order valence-electron chi connectivity index (χ1n) is 6.37. The van der Waals surface area contributed by atoms with E-state index in [9.17, 15) is 4.79 Å². The minimum Gasteiger partial charge on any atom is -0.469 e. The number of anilines is 1. The Hall–Kier alpha value is -1.69. The molecule has 0 N–H and O–H groups in total. The Labute approximate surface area is 126 Å². The monoisotopic (exact) mass is 337 g/mol. The van der Waals surface area contributed by atoms with Gasteiger partial charge in [0.1, 0.15) is 12.1 Å². The van der Waals surface area contributed by atoms with E-state index in [0.717, 1.165) is 27.7 Å². The first-order valence-corrected chi connectivity index (χ1v) is 7.17. The molecule has 0 bridgehead atoms. The van der Waals surface area contributed by atoms with Gasteiger partial charge in [0.2, 0.25) is 0 Å². The third-order valence-electron chi connectivity index (χ3n) is 3.07. The van der Waals surface area contributed by atoms with Crippen LogP contribution < -0.4 is 4.90 Å². The summed E-state index contributed by atoms with van der Waals surface area (Å²) in [6, 6.07) is 5.88. The van der Waals surface area contributed by atoms with Gasteiger partial charge in [-0.3, -0.25) is 4.79 Å². The fourth-order valence-corrected chi connectivity index (χ4v) is 2.37. The summed E-state index contributed by atoms with van der Waals surface area (Å²) in [5.74, 6) is 0.616. The Morgan fingerprint density at radius 3 is 2.90 bits per heavy atom. The van der Waals surface area contributed by atoms with Crippen LogP contribution in [0.2, 0.25) is 0 Å². The molecule has 6 heteroatoms. The highest BCUT2D eigenvalue weighted by Crippen LogP contribution is 2.26. The number of rotatable bonds is 5. The summed E-state index contributed by atoms with van der Waals surface area (Å²) in [6.07, 6.45) is 1.89. The molecule has 0 saturated carbocycles. The van der Waals surface area contributed by atoms with Crippen molar-refractivity contribution in [2.45, 2.75) is 13.3 Å². The minimum atomic E-state index is -0.219. The molecule has 0 fully saturated rings. The molecule has 1 aromatic heterocycles. The smallest absolute Gasteiger partial charge is 0.307 e. The number of ether oxygens (including phenoxy) is 1. The van der Waals surface area contributed by atoms with Crippen molar-refractivity contribution in [2.24, 2.45) is 0 Å². The zero-order valence-electron chi connectivity index (χ0n) is 11.5. The van der Waals surface area contributed by atoms with E-state index in [4.69, 9.17) is 0 Å². The standard InChI is InChI=1S/C14H16BrN3O2/c1-3-18(7-6-13(19)20-2)14-11-8-10(15)4-5-12(11)16-9-17-14/h4-5,8-9H,3,6-7H2,1-2H3. The highest BCUT2D eigenvalue weighted by atomic mass is 79.9. The molecule has 5 nitrogen and oxygen atoms in total. The van der Waals surface area contributed by atoms with E-state index in [1.54, 1.807) is 6.33 Å². The molecule has 0 atom stereocenters. The number of methoxy groups -OCH3 is 1. The van der Waals surface area contributed by atoms with E-state index in [1.165, 1.54) is 7.11 Å². The third kappa shape index (κ3) is 3.25. The van der Waals surface area contributed by atoms with Gasteiger partial charge in [0, 0.05) is 22.9 Å². The highest BCUT2D eigenvalue weighted by Gasteiger charge is 2.13. The second-order valence-corrected chi connectivity index (χ2v) is 5.18. The van der Waals surface area contributed by atoms with Crippen LogP contribution in [-0.2, 0) is 9.53 Å². The molecule has 106 valence electrons. The summed E-state index contributed by atoms with van der Waals surface area (Å²) in [4.78, 5) is 22.0. The Kier molecular flexibility index (Phi) is 4.89. The lowest BCUT2D eigenvalue weighted by Crippen LogP contribution is -2.27. The second kappa shape index (κ2) is 6.65. The maximum absolute atomic E-state index is 11.3. The zero-order chi connectivity index (χ0) is 14.5. The second-order valence-electron chi connectivity index (χ2n) is 4.26. The average molecular weight is 338 g/mol. The van der Waals surface area contributed by atoms with Crippen molar-refractivity contribution in [1.82, 2.24) is 9.97 Å². The maximum Gasteiger partial charge on any atom is 0.307 e. The Morgan fingerprint density at radius 2 is 2.20 bits per heavy atom. The number of benzene rings is 1. The van der Waals surface area contributed by atoms with Crippen molar-refractivity contribution in [3.63, 3.8) is 0 Å². The van der Waals surface area contributed by atoms with Gasteiger partial charge in [-0.1, -0.05) is 15.9 Å². The summed E-state index contributed by atoms with van der Waals surface area (Å²) >= 11 is 3.46. The average Bonchev–Trinajstić information content (AvgIpc) is 2.47. The van der Waals surface area contributed by atoms with Gasteiger partial charge in [0.05, 0.1) is 19.0 Å². The van der Waals surface area contributed by atoms with Crippen molar-refractivity contribution in [2.75, 3.05) is 25.1 Å². The molecule has 0 spiro atoms. The van der Waals surface area contributed by atoms with Crippen LogP contribution in [0.4, 0.5) is 5.82 Å². The van der Waals surface area contributed by atoms with E-state index in [1.807, 2.05) is 30.0 Å². The fourth-order valence-electron chi connectivity index (χ4n) is 2.01. The molecule has 1 heterocycles. The van der Waals surface area contributed by atoms with Crippen LogP contribution in [0.1, 0.15) is 13.3 Å². The predicted octanol–water partition coefficient (Wildman–Crippen LogP) is 2.78. The van der Waals surface area contributed by atoms with Crippen molar-refractivity contribution in [1.29, 1.82) is 0 Å². The van der Waals surface area contributed by atoms with Crippen LogP contribution >= 0.6 is 15.9 Å². The topological polar surface area (TPSA) is 55.3 Å². The van der Waals surface area contributed by atoms with E-state index in [-0.39, 0.29) is 5.97 Å². The molecule has 0 unspecified atom stereocenters. The fraction of sp³-hybridized carbons (Fsp3) is 0.357. The van der Waals surface area contributed by atoms with Gasteiger partial charge in [-0.25, -0.2) is 9.97 Å². The van der Waals surface area contributed by atoms with Crippen molar-refractivity contribution in [3.05, 3.63) is 29.0 Å². The van der Waals surface area contributed by atoms with Gasteiger partial charge in [0.15, 0.2) is 0 Å². The number of esters is 1. The molecule has 2 aromatic rings.